The zero-order valence-electron chi connectivity index (χ0n) is 25.8. The fourth-order valence-electron chi connectivity index (χ4n) is 4.70. The number of hydrogen-bond donors (Lipinski definition) is 4. The number of halogens is 1. The molecule has 46 heavy (non-hydrogen) atoms. The van der Waals surface area contributed by atoms with Gasteiger partial charge in [0.05, 0.1) is 31.5 Å². The van der Waals surface area contributed by atoms with Crippen LogP contribution in [0.25, 0.3) is 0 Å². The lowest BCUT2D eigenvalue weighted by Gasteiger charge is -2.28. The summed E-state index contributed by atoms with van der Waals surface area (Å²) in [4.78, 5) is 24.6. The first-order chi connectivity index (χ1) is 22.2. The topological polar surface area (TPSA) is 140 Å². The molecule has 0 saturated heterocycles. The molecule has 1 aliphatic heterocycles. The fourth-order valence-corrected chi connectivity index (χ4v) is 4.70. The summed E-state index contributed by atoms with van der Waals surface area (Å²) in [6.07, 6.45) is 2.73. The van der Waals surface area contributed by atoms with Gasteiger partial charge >= 0.3 is 12.0 Å². The maximum Gasteiger partial charge on any atom is 0.337 e. The van der Waals surface area contributed by atoms with Gasteiger partial charge in [-0.15, -0.1) is 6.58 Å². The van der Waals surface area contributed by atoms with Gasteiger partial charge in [0.15, 0.2) is 17.7 Å². The largest absolute Gasteiger partial charge is 0.490 e. The number of methoxy groups -OCH3 is 1. The Morgan fingerprint density at radius 1 is 1.09 bits per heavy atom. The number of rotatable bonds is 15. The minimum atomic E-state index is -1.16. The Bertz CT molecular complexity index is 1610. The van der Waals surface area contributed by atoms with Crippen LogP contribution in [0, 0.1) is 5.82 Å². The standard InChI is InChI=1S/C34H37FN4O7/c1-5-7-24-16-23(10-14-27(24)45-19-22-8-12-26(35)13-9-22)18-36-39-30(40)20-46-28-15-11-25(17-29(28)44-6-2)32-31(33(41)43-4)21(3)37-34(42)38-32/h5,8-18,30,32,39-40H,1,6-7,19-20H2,2-4H3,(H2,37,38,42)/b36-18-/t30-,32-/m0/s1. The van der Waals surface area contributed by atoms with Gasteiger partial charge < -0.3 is 34.7 Å². The Hall–Kier alpha value is -5.36. The van der Waals surface area contributed by atoms with Gasteiger partial charge in [-0.2, -0.15) is 5.10 Å². The molecule has 0 aliphatic carbocycles. The number of esters is 1. The molecule has 1 aliphatic rings. The van der Waals surface area contributed by atoms with Crippen molar-refractivity contribution in [1.29, 1.82) is 0 Å². The van der Waals surface area contributed by atoms with Crippen LogP contribution < -0.4 is 30.3 Å². The predicted octanol–water partition coefficient (Wildman–Crippen LogP) is 4.65. The summed E-state index contributed by atoms with van der Waals surface area (Å²) >= 11 is 0. The molecule has 0 fully saturated rings. The molecule has 12 heteroatoms. The molecule has 4 rings (SSSR count). The maximum atomic E-state index is 13.2. The van der Waals surface area contributed by atoms with Crippen molar-refractivity contribution < 1.29 is 38.0 Å². The number of allylic oxidation sites excluding steroid dienone is 2. The lowest BCUT2D eigenvalue weighted by atomic mass is 9.95. The Labute approximate surface area is 266 Å². The third-order valence-corrected chi connectivity index (χ3v) is 6.87. The number of nitrogens with one attached hydrogen (secondary N) is 3. The van der Waals surface area contributed by atoms with Crippen molar-refractivity contribution in [1.82, 2.24) is 16.1 Å². The summed E-state index contributed by atoms with van der Waals surface area (Å²) in [5.74, 6) is 0.507. The number of nitrogens with zero attached hydrogens (tertiary/aromatic N) is 1. The highest BCUT2D eigenvalue weighted by atomic mass is 19.1. The highest BCUT2D eigenvalue weighted by Gasteiger charge is 2.32. The van der Waals surface area contributed by atoms with Gasteiger partial charge in [0.25, 0.3) is 0 Å². The van der Waals surface area contributed by atoms with Crippen LogP contribution in [0.5, 0.6) is 17.2 Å². The molecule has 0 aromatic heterocycles. The van der Waals surface area contributed by atoms with Crippen LogP contribution in [0.1, 0.15) is 42.1 Å². The average Bonchev–Trinajstić information content (AvgIpc) is 3.04. The van der Waals surface area contributed by atoms with E-state index in [2.05, 4.69) is 27.7 Å². The van der Waals surface area contributed by atoms with E-state index in [0.717, 1.165) is 16.7 Å². The van der Waals surface area contributed by atoms with E-state index in [1.54, 1.807) is 49.5 Å². The molecule has 11 nitrogen and oxygen atoms in total. The van der Waals surface area contributed by atoms with Crippen molar-refractivity contribution >= 4 is 18.2 Å². The van der Waals surface area contributed by atoms with Crippen molar-refractivity contribution in [2.24, 2.45) is 5.10 Å². The minimum Gasteiger partial charge on any atom is -0.490 e. The number of hydrazone groups is 1. The molecule has 2 atom stereocenters. The smallest absolute Gasteiger partial charge is 0.337 e. The molecule has 3 aromatic carbocycles. The van der Waals surface area contributed by atoms with Crippen LogP contribution >= 0.6 is 0 Å². The zero-order chi connectivity index (χ0) is 33.1. The summed E-state index contributed by atoms with van der Waals surface area (Å²) in [5.41, 5.74) is 6.37. The molecule has 4 N–H and O–H groups in total. The Balaban J connectivity index is 1.37. The Morgan fingerprint density at radius 3 is 2.57 bits per heavy atom. The van der Waals surface area contributed by atoms with Crippen LogP contribution in [-0.4, -0.2) is 49.9 Å². The lowest BCUT2D eigenvalue weighted by molar-refractivity contribution is -0.136. The number of hydrogen-bond acceptors (Lipinski definition) is 9. The first-order valence-electron chi connectivity index (χ1n) is 14.6. The third kappa shape index (κ3) is 8.85. The van der Waals surface area contributed by atoms with E-state index in [9.17, 15) is 19.1 Å². The van der Waals surface area contributed by atoms with Gasteiger partial charge in [0.1, 0.15) is 24.8 Å². The number of aliphatic hydroxyl groups excluding tert-OH is 1. The SMILES string of the molecule is C=CCc1cc(/C=N\N[C@@H](O)COc2ccc([C@@H]3NC(=O)NC(C)=C3C(=O)OC)cc2OCC)ccc1OCc1ccc(F)cc1. The summed E-state index contributed by atoms with van der Waals surface area (Å²) in [5, 5.41) is 19.9. The number of carbonyl (C=O) groups is 2. The predicted molar refractivity (Wildman–Crippen MR) is 170 cm³/mol. The minimum absolute atomic E-state index is 0.162. The van der Waals surface area contributed by atoms with Gasteiger partial charge in [-0.1, -0.05) is 24.3 Å². The molecule has 3 aromatic rings. The normalized spacial score (nSPS) is 15.1. The van der Waals surface area contributed by atoms with Crippen LogP contribution in [0.15, 0.2) is 89.7 Å². The van der Waals surface area contributed by atoms with Crippen molar-refractivity contribution in [3.05, 3.63) is 113 Å². The van der Waals surface area contributed by atoms with Crippen molar-refractivity contribution in [3.63, 3.8) is 0 Å². The molecule has 0 saturated carbocycles. The number of carbonyl (C=O) groups excluding carboxylic acids is 2. The summed E-state index contributed by atoms with van der Waals surface area (Å²) in [6.45, 7) is 7.70. The second-order valence-corrected chi connectivity index (χ2v) is 10.2. The zero-order valence-corrected chi connectivity index (χ0v) is 25.8. The molecular weight excluding hydrogens is 595 g/mol. The molecule has 0 bridgehead atoms. The van der Waals surface area contributed by atoms with E-state index in [-0.39, 0.29) is 18.0 Å². The first kappa shape index (κ1) is 33.5. The van der Waals surface area contributed by atoms with Crippen molar-refractivity contribution in [2.75, 3.05) is 20.3 Å². The van der Waals surface area contributed by atoms with Crippen molar-refractivity contribution in [2.45, 2.75) is 39.1 Å². The average molecular weight is 633 g/mol. The van der Waals surface area contributed by atoms with E-state index in [4.69, 9.17) is 18.9 Å². The van der Waals surface area contributed by atoms with Crippen molar-refractivity contribution in [3.8, 4) is 17.2 Å². The maximum absolute atomic E-state index is 13.2. The van der Waals surface area contributed by atoms with Crippen LogP contribution in [0.2, 0.25) is 0 Å². The Morgan fingerprint density at radius 2 is 1.85 bits per heavy atom. The monoisotopic (exact) mass is 632 g/mol. The first-order valence-corrected chi connectivity index (χ1v) is 14.6. The molecule has 0 unspecified atom stereocenters. The fraction of sp³-hybridized carbons (Fsp3) is 0.265. The summed E-state index contributed by atoms with van der Waals surface area (Å²) < 4.78 is 35.6. The molecule has 242 valence electrons. The molecule has 2 amide bonds. The van der Waals surface area contributed by atoms with Gasteiger partial charge in [0.2, 0.25) is 0 Å². The second-order valence-electron chi connectivity index (χ2n) is 10.2. The van der Waals surface area contributed by atoms with Crippen LogP contribution in [0.3, 0.4) is 0 Å². The van der Waals surface area contributed by atoms with Gasteiger partial charge in [-0.3, -0.25) is 5.43 Å². The number of aliphatic hydroxyl groups is 1. The van der Waals surface area contributed by atoms with Gasteiger partial charge in [-0.05, 0) is 85.0 Å². The second kappa shape index (κ2) is 16.1. The van der Waals surface area contributed by atoms with Crippen LogP contribution in [-0.2, 0) is 22.6 Å². The number of amides is 2. The van der Waals surface area contributed by atoms with E-state index < -0.39 is 24.3 Å². The molecular formula is C34H37FN4O7. The molecule has 1 heterocycles. The molecule has 0 radical (unpaired) electrons. The van der Waals surface area contributed by atoms with Gasteiger partial charge in [-0.25, -0.2) is 14.0 Å². The lowest BCUT2D eigenvalue weighted by Crippen LogP contribution is -2.45. The number of urea groups is 1. The quantitative estimate of drug-likeness (QED) is 0.0624. The third-order valence-electron chi connectivity index (χ3n) is 6.87. The molecule has 0 spiro atoms. The Kier molecular flexibility index (Phi) is 11.7. The van der Waals surface area contributed by atoms with Crippen LogP contribution in [0.4, 0.5) is 9.18 Å². The highest BCUT2D eigenvalue weighted by molar-refractivity contribution is 5.95. The van der Waals surface area contributed by atoms with Gasteiger partial charge in [0, 0.05) is 5.70 Å². The van der Waals surface area contributed by atoms with E-state index in [0.29, 0.717) is 48.1 Å². The highest BCUT2D eigenvalue weighted by Crippen LogP contribution is 2.35. The van der Waals surface area contributed by atoms with E-state index in [1.165, 1.54) is 19.2 Å². The van der Waals surface area contributed by atoms with E-state index >= 15 is 0 Å². The van der Waals surface area contributed by atoms with E-state index in [1.807, 2.05) is 25.1 Å². The summed E-state index contributed by atoms with van der Waals surface area (Å²) in [7, 11) is 1.27. The summed E-state index contributed by atoms with van der Waals surface area (Å²) in [6, 6.07) is 15.4. The number of benzene rings is 3. The number of ether oxygens (including phenoxy) is 4.